The van der Waals surface area contributed by atoms with Crippen LogP contribution in [0.4, 0.5) is 4.79 Å². The van der Waals surface area contributed by atoms with E-state index in [0.29, 0.717) is 24.6 Å². The SMILES string of the molecule is COc1ccc(CN(CCSc2ccccc2)C(=O)OCc2ccccc2)cc1OC. The Labute approximate surface area is 187 Å². The van der Waals surface area contributed by atoms with E-state index in [4.69, 9.17) is 14.2 Å². The van der Waals surface area contributed by atoms with Crippen LogP contribution in [0.15, 0.2) is 83.8 Å². The highest BCUT2D eigenvalue weighted by atomic mass is 32.2. The van der Waals surface area contributed by atoms with Crippen LogP contribution in [-0.2, 0) is 17.9 Å². The van der Waals surface area contributed by atoms with Gasteiger partial charge < -0.3 is 19.1 Å². The third kappa shape index (κ3) is 6.96. The number of thioether (sulfide) groups is 1. The lowest BCUT2D eigenvalue weighted by Crippen LogP contribution is -2.33. The standard InChI is InChI=1S/C25H27NO4S/c1-28-23-14-13-21(17-24(23)29-2)18-26(15-16-31-22-11-7-4-8-12-22)25(27)30-19-20-9-5-3-6-10-20/h3-14,17H,15-16,18-19H2,1-2H3. The van der Waals surface area contributed by atoms with Crippen molar-refractivity contribution in [2.45, 2.75) is 18.0 Å². The van der Waals surface area contributed by atoms with E-state index in [1.807, 2.05) is 66.7 Å². The van der Waals surface area contributed by atoms with Crippen LogP contribution >= 0.6 is 11.8 Å². The Bertz CT molecular complexity index is 950. The molecule has 0 spiro atoms. The fourth-order valence-electron chi connectivity index (χ4n) is 3.04. The van der Waals surface area contributed by atoms with E-state index in [1.165, 1.54) is 4.90 Å². The number of carbonyl (C=O) groups is 1. The predicted molar refractivity (Wildman–Crippen MR) is 124 cm³/mol. The molecule has 31 heavy (non-hydrogen) atoms. The minimum Gasteiger partial charge on any atom is -0.493 e. The quantitative estimate of drug-likeness (QED) is 0.385. The molecule has 0 unspecified atom stereocenters. The Balaban J connectivity index is 1.67. The summed E-state index contributed by atoms with van der Waals surface area (Å²) in [5, 5.41) is 0. The van der Waals surface area contributed by atoms with E-state index < -0.39 is 0 Å². The largest absolute Gasteiger partial charge is 0.493 e. The molecule has 3 aromatic carbocycles. The minimum absolute atomic E-state index is 0.244. The van der Waals surface area contributed by atoms with Crippen LogP contribution in [-0.4, -0.2) is 37.5 Å². The maximum atomic E-state index is 12.9. The summed E-state index contributed by atoms with van der Waals surface area (Å²) in [6.45, 7) is 1.22. The number of rotatable bonds is 10. The van der Waals surface area contributed by atoms with Crippen molar-refractivity contribution < 1.29 is 19.0 Å². The van der Waals surface area contributed by atoms with Crippen molar-refractivity contribution in [1.29, 1.82) is 0 Å². The maximum absolute atomic E-state index is 12.9. The molecule has 3 aromatic rings. The molecule has 0 radical (unpaired) electrons. The molecule has 0 heterocycles. The number of benzene rings is 3. The molecule has 0 bridgehead atoms. The molecule has 0 aliphatic rings. The highest BCUT2D eigenvalue weighted by molar-refractivity contribution is 7.99. The number of hydrogen-bond donors (Lipinski definition) is 0. The second-order valence-electron chi connectivity index (χ2n) is 6.81. The zero-order valence-corrected chi connectivity index (χ0v) is 18.6. The zero-order chi connectivity index (χ0) is 21.9. The van der Waals surface area contributed by atoms with E-state index in [9.17, 15) is 4.79 Å². The van der Waals surface area contributed by atoms with Gasteiger partial charge >= 0.3 is 6.09 Å². The molecule has 6 heteroatoms. The van der Waals surface area contributed by atoms with Gasteiger partial charge in [0.2, 0.25) is 0 Å². The summed E-state index contributed by atoms with van der Waals surface area (Å²) >= 11 is 1.71. The van der Waals surface area contributed by atoms with Crippen molar-refractivity contribution in [2.24, 2.45) is 0 Å². The molecule has 0 fully saturated rings. The monoisotopic (exact) mass is 437 g/mol. The van der Waals surface area contributed by atoms with Crippen LogP contribution in [0.3, 0.4) is 0 Å². The fraction of sp³-hybridized carbons (Fsp3) is 0.240. The molecule has 3 rings (SSSR count). The predicted octanol–water partition coefficient (Wildman–Crippen LogP) is 5.63. The summed E-state index contributed by atoms with van der Waals surface area (Å²) in [4.78, 5) is 15.8. The third-order valence-electron chi connectivity index (χ3n) is 4.66. The van der Waals surface area contributed by atoms with Gasteiger partial charge in [0.05, 0.1) is 14.2 Å². The van der Waals surface area contributed by atoms with Gasteiger partial charge in [-0.3, -0.25) is 0 Å². The summed E-state index contributed by atoms with van der Waals surface area (Å²) in [7, 11) is 3.20. The van der Waals surface area contributed by atoms with E-state index >= 15 is 0 Å². The van der Waals surface area contributed by atoms with E-state index in [0.717, 1.165) is 16.9 Å². The van der Waals surface area contributed by atoms with Gasteiger partial charge in [-0.15, -0.1) is 11.8 Å². The summed E-state index contributed by atoms with van der Waals surface area (Å²) in [6, 6.07) is 25.5. The topological polar surface area (TPSA) is 48.0 Å². The first-order valence-corrected chi connectivity index (χ1v) is 11.0. The van der Waals surface area contributed by atoms with Gasteiger partial charge in [-0.05, 0) is 35.4 Å². The van der Waals surface area contributed by atoms with Gasteiger partial charge in [0.1, 0.15) is 6.61 Å². The fourth-order valence-corrected chi connectivity index (χ4v) is 3.93. The van der Waals surface area contributed by atoms with Crippen LogP contribution in [0.1, 0.15) is 11.1 Å². The Morgan fingerprint density at radius 1 is 0.839 bits per heavy atom. The van der Waals surface area contributed by atoms with Gasteiger partial charge in [0, 0.05) is 23.7 Å². The van der Waals surface area contributed by atoms with E-state index in [-0.39, 0.29) is 12.7 Å². The van der Waals surface area contributed by atoms with Crippen molar-refractivity contribution in [3.8, 4) is 11.5 Å². The van der Waals surface area contributed by atoms with Gasteiger partial charge in [-0.2, -0.15) is 0 Å². The molecular formula is C25H27NO4S. The molecule has 1 amide bonds. The van der Waals surface area contributed by atoms with Crippen LogP contribution < -0.4 is 9.47 Å². The molecular weight excluding hydrogens is 410 g/mol. The maximum Gasteiger partial charge on any atom is 0.410 e. The lowest BCUT2D eigenvalue weighted by molar-refractivity contribution is 0.0960. The van der Waals surface area contributed by atoms with Crippen molar-refractivity contribution in [1.82, 2.24) is 4.90 Å². The molecule has 162 valence electrons. The number of carbonyl (C=O) groups excluding carboxylic acids is 1. The molecule has 0 aliphatic heterocycles. The number of hydrogen-bond acceptors (Lipinski definition) is 5. The molecule has 0 aromatic heterocycles. The molecule has 0 N–H and O–H groups in total. The summed E-state index contributed by atoms with van der Waals surface area (Å²) in [5.41, 5.74) is 1.90. The lowest BCUT2D eigenvalue weighted by atomic mass is 10.2. The molecule has 0 aliphatic carbocycles. The van der Waals surface area contributed by atoms with Gasteiger partial charge in [0.25, 0.3) is 0 Å². The second kappa shape index (κ2) is 11.9. The van der Waals surface area contributed by atoms with E-state index in [2.05, 4.69) is 12.1 Å². The first-order valence-electron chi connectivity index (χ1n) is 10.0. The Hall–Kier alpha value is -3.12. The van der Waals surface area contributed by atoms with Crippen LogP contribution in [0.25, 0.3) is 0 Å². The first kappa shape index (κ1) is 22.6. The summed E-state index contributed by atoms with van der Waals surface area (Å²) in [6.07, 6.45) is -0.340. The Morgan fingerprint density at radius 2 is 1.52 bits per heavy atom. The highest BCUT2D eigenvalue weighted by Crippen LogP contribution is 2.28. The Morgan fingerprint density at radius 3 is 2.19 bits per heavy atom. The normalized spacial score (nSPS) is 10.4. The molecule has 0 saturated heterocycles. The molecule has 0 saturated carbocycles. The van der Waals surface area contributed by atoms with Crippen molar-refractivity contribution >= 4 is 17.9 Å². The summed E-state index contributed by atoms with van der Waals surface area (Å²) in [5.74, 6) is 2.05. The highest BCUT2D eigenvalue weighted by Gasteiger charge is 2.17. The molecule has 0 atom stereocenters. The lowest BCUT2D eigenvalue weighted by Gasteiger charge is -2.23. The number of ether oxygens (including phenoxy) is 3. The van der Waals surface area contributed by atoms with Crippen LogP contribution in [0, 0.1) is 0 Å². The third-order valence-corrected chi connectivity index (χ3v) is 5.65. The number of amides is 1. The van der Waals surface area contributed by atoms with Crippen molar-refractivity contribution in [3.05, 3.63) is 90.0 Å². The zero-order valence-electron chi connectivity index (χ0n) is 17.8. The van der Waals surface area contributed by atoms with Crippen LogP contribution in [0.2, 0.25) is 0 Å². The summed E-state index contributed by atoms with van der Waals surface area (Å²) < 4.78 is 16.3. The van der Waals surface area contributed by atoms with E-state index in [1.54, 1.807) is 30.9 Å². The Kier molecular flexibility index (Phi) is 8.67. The number of nitrogens with zero attached hydrogens (tertiary/aromatic N) is 1. The average Bonchev–Trinajstić information content (AvgIpc) is 2.83. The second-order valence-corrected chi connectivity index (χ2v) is 7.98. The van der Waals surface area contributed by atoms with Crippen molar-refractivity contribution in [3.63, 3.8) is 0 Å². The van der Waals surface area contributed by atoms with Crippen LogP contribution in [0.5, 0.6) is 11.5 Å². The number of methoxy groups -OCH3 is 2. The average molecular weight is 438 g/mol. The van der Waals surface area contributed by atoms with Gasteiger partial charge in [0.15, 0.2) is 11.5 Å². The van der Waals surface area contributed by atoms with Gasteiger partial charge in [-0.25, -0.2) is 4.79 Å². The smallest absolute Gasteiger partial charge is 0.410 e. The minimum atomic E-state index is -0.340. The molecule has 5 nitrogen and oxygen atoms in total. The van der Waals surface area contributed by atoms with Crippen molar-refractivity contribution in [2.75, 3.05) is 26.5 Å². The first-order chi connectivity index (χ1) is 15.2. The van der Waals surface area contributed by atoms with Gasteiger partial charge in [-0.1, -0.05) is 54.6 Å².